The van der Waals surface area contributed by atoms with Gasteiger partial charge in [-0.3, -0.25) is 4.79 Å². The van der Waals surface area contributed by atoms with E-state index in [4.69, 9.17) is 17.3 Å². The van der Waals surface area contributed by atoms with Crippen LogP contribution in [0.1, 0.15) is 11.6 Å². The van der Waals surface area contributed by atoms with Crippen molar-refractivity contribution in [2.24, 2.45) is 12.8 Å². The van der Waals surface area contributed by atoms with Gasteiger partial charge in [0, 0.05) is 13.6 Å². The van der Waals surface area contributed by atoms with Gasteiger partial charge in [0.1, 0.15) is 5.92 Å². The smallest absolute Gasteiger partial charge is 0.316 e. The van der Waals surface area contributed by atoms with Crippen molar-refractivity contribution in [2.45, 2.75) is 5.92 Å². The van der Waals surface area contributed by atoms with E-state index in [1.807, 2.05) is 0 Å². The fourth-order valence-corrected chi connectivity index (χ4v) is 1.57. The van der Waals surface area contributed by atoms with Crippen LogP contribution in [-0.4, -0.2) is 29.2 Å². The van der Waals surface area contributed by atoms with E-state index < -0.39 is 11.9 Å². The first kappa shape index (κ1) is 11.0. The molecule has 5 nitrogen and oxygen atoms in total. The lowest BCUT2D eigenvalue weighted by Crippen LogP contribution is -2.24. The Balaban J connectivity index is 3.06. The van der Waals surface area contributed by atoms with Crippen LogP contribution in [0.15, 0.2) is 6.33 Å². The monoisotopic (exact) mass is 217 g/mol. The number of aromatic nitrogens is 2. The van der Waals surface area contributed by atoms with Crippen LogP contribution in [0.25, 0.3) is 0 Å². The van der Waals surface area contributed by atoms with Crippen LogP contribution >= 0.6 is 11.6 Å². The average molecular weight is 218 g/mol. The first-order valence-corrected chi connectivity index (χ1v) is 4.44. The van der Waals surface area contributed by atoms with Crippen molar-refractivity contribution in [3.05, 3.63) is 17.2 Å². The van der Waals surface area contributed by atoms with Gasteiger partial charge in [-0.25, -0.2) is 4.98 Å². The van der Waals surface area contributed by atoms with Crippen molar-refractivity contribution >= 4 is 17.6 Å². The molecule has 6 heteroatoms. The van der Waals surface area contributed by atoms with Gasteiger partial charge in [-0.15, -0.1) is 0 Å². The number of rotatable bonds is 3. The number of nitrogens with zero attached hydrogens (tertiary/aromatic N) is 2. The Hall–Kier alpha value is -1.07. The fraction of sp³-hybridized carbons (Fsp3) is 0.500. The van der Waals surface area contributed by atoms with Gasteiger partial charge in [0.15, 0.2) is 5.15 Å². The minimum atomic E-state index is -0.556. The number of hydrogen-bond acceptors (Lipinski definition) is 4. The molecule has 1 aromatic rings. The normalized spacial score (nSPS) is 12.6. The van der Waals surface area contributed by atoms with E-state index in [2.05, 4.69) is 9.72 Å². The van der Waals surface area contributed by atoms with Crippen molar-refractivity contribution in [3.8, 4) is 0 Å². The first-order chi connectivity index (χ1) is 6.61. The van der Waals surface area contributed by atoms with Gasteiger partial charge >= 0.3 is 5.97 Å². The third-order valence-corrected chi connectivity index (χ3v) is 2.28. The topological polar surface area (TPSA) is 70.1 Å². The van der Waals surface area contributed by atoms with Crippen LogP contribution < -0.4 is 5.73 Å². The number of imidazole rings is 1. The van der Waals surface area contributed by atoms with Crippen LogP contribution in [-0.2, 0) is 16.6 Å². The summed E-state index contributed by atoms with van der Waals surface area (Å²) in [5.41, 5.74) is 6.06. The molecule has 1 aromatic heterocycles. The van der Waals surface area contributed by atoms with Crippen molar-refractivity contribution in [2.75, 3.05) is 13.7 Å². The summed E-state index contributed by atoms with van der Waals surface area (Å²) in [7, 11) is 3.06. The molecule has 0 fully saturated rings. The zero-order valence-corrected chi connectivity index (χ0v) is 8.78. The molecule has 0 spiro atoms. The third-order valence-electron chi connectivity index (χ3n) is 1.99. The highest BCUT2D eigenvalue weighted by Gasteiger charge is 2.25. The summed E-state index contributed by atoms with van der Waals surface area (Å²) in [4.78, 5) is 15.2. The van der Waals surface area contributed by atoms with Gasteiger partial charge < -0.3 is 15.0 Å². The Kier molecular flexibility index (Phi) is 3.49. The van der Waals surface area contributed by atoms with Crippen LogP contribution in [0.5, 0.6) is 0 Å². The van der Waals surface area contributed by atoms with E-state index in [0.29, 0.717) is 5.69 Å². The van der Waals surface area contributed by atoms with Gasteiger partial charge in [-0.05, 0) is 0 Å². The zero-order valence-electron chi connectivity index (χ0n) is 8.03. The molecule has 1 atom stereocenters. The van der Waals surface area contributed by atoms with Crippen LogP contribution in [0.2, 0.25) is 5.15 Å². The van der Waals surface area contributed by atoms with Crippen LogP contribution in [0.3, 0.4) is 0 Å². The maximum Gasteiger partial charge on any atom is 0.316 e. The van der Waals surface area contributed by atoms with Crippen molar-refractivity contribution in [1.29, 1.82) is 0 Å². The lowest BCUT2D eigenvalue weighted by atomic mass is 10.1. The third kappa shape index (κ3) is 1.88. The molecular weight excluding hydrogens is 206 g/mol. The highest BCUT2D eigenvalue weighted by atomic mass is 35.5. The second kappa shape index (κ2) is 4.43. The minimum absolute atomic E-state index is 0.145. The molecule has 1 heterocycles. The molecule has 1 rings (SSSR count). The number of hydrogen-bond donors (Lipinski definition) is 1. The number of methoxy groups -OCH3 is 1. The zero-order chi connectivity index (χ0) is 10.7. The molecule has 0 saturated heterocycles. The molecule has 78 valence electrons. The quantitative estimate of drug-likeness (QED) is 0.739. The second-order valence-electron chi connectivity index (χ2n) is 2.84. The Morgan fingerprint density at radius 1 is 1.86 bits per heavy atom. The van der Waals surface area contributed by atoms with Gasteiger partial charge in [0.2, 0.25) is 0 Å². The Morgan fingerprint density at radius 3 is 2.86 bits per heavy atom. The number of nitrogens with two attached hydrogens (primary N) is 1. The van der Waals surface area contributed by atoms with Gasteiger partial charge in [-0.1, -0.05) is 11.6 Å². The largest absolute Gasteiger partial charge is 0.468 e. The number of carbonyl (C=O) groups is 1. The van der Waals surface area contributed by atoms with Gasteiger partial charge in [0.25, 0.3) is 0 Å². The molecule has 0 bridgehead atoms. The number of esters is 1. The number of aryl methyl sites for hydroxylation is 1. The van der Waals surface area contributed by atoms with Crippen LogP contribution in [0, 0.1) is 0 Å². The summed E-state index contributed by atoms with van der Waals surface area (Å²) in [5.74, 6) is -0.960. The van der Waals surface area contributed by atoms with Gasteiger partial charge in [-0.2, -0.15) is 0 Å². The molecule has 0 aliphatic rings. The molecule has 14 heavy (non-hydrogen) atoms. The second-order valence-corrected chi connectivity index (χ2v) is 3.20. The maximum absolute atomic E-state index is 11.3. The molecule has 0 aromatic carbocycles. The summed E-state index contributed by atoms with van der Waals surface area (Å²) >= 11 is 5.82. The summed E-state index contributed by atoms with van der Waals surface area (Å²) in [6.07, 6.45) is 1.53. The van der Waals surface area contributed by atoms with Crippen LogP contribution in [0.4, 0.5) is 0 Å². The van der Waals surface area contributed by atoms with E-state index in [-0.39, 0.29) is 11.7 Å². The molecule has 1 unspecified atom stereocenters. The molecule has 0 radical (unpaired) electrons. The Bertz CT molecular complexity index is 318. The summed E-state index contributed by atoms with van der Waals surface area (Å²) in [5, 5.41) is 0.286. The number of halogens is 1. The van der Waals surface area contributed by atoms with E-state index in [1.54, 1.807) is 11.6 Å². The minimum Gasteiger partial charge on any atom is -0.468 e. The number of ether oxygens (including phenoxy) is 1. The summed E-state index contributed by atoms with van der Waals surface area (Å²) < 4.78 is 6.28. The first-order valence-electron chi connectivity index (χ1n) is 4.06. The van der Waals surface area contributed by atoms with Crippen molar-refractivity contribution < 1.29 is 9.53 Å². The SMILES string of the molecule is COC(=O)C(CN)c1c(Cl)ncn1C. The molecule has 0 aliphatic heterocycles. The summed E-state index contributed by atoms with van der Waals surface area (Å²) in [6.45, 7) is 0.145. The van der Waals surface area contributed by atoms with Crippen molar-refractivity contribution in [1.82, 2.24) is 9.55 Å². The van der Waals surface area contributed by atoms with E-state index in [0.717, 1.165) is 0 Å². The summed E-state index contributed by atoms with van der Waals surface area (Å²) in [6, 6.07) is 0. The molecule has 2 N–H and O–H groups in total. The highest BCUT2D eigenvalue weighted by Crippen LogP contribution is 2.23. The van der Waals surface area contributed by atoms with E-state index >= 15 is 0 Å². The van der Waals surface area contributed by atoms with E-state index in [9.17, 15) is 4.79 Å². The average Bonchev–Trinajstić information content (AvgIpc) is 2.50. The van der Waals surface area contributed by atoms with E-state index in [1.165, 1.54) is 13.4 Å². The van der Waals surface area contributed by atoms with Gasteiger partial charge in [0.05, 0.1) is 19.1 Å². The maximum atomic E-state index is 11.3. The lowest BCUT2D eigenvalue weighted by molar-refractivity contribution is -0.142. The Labute approximate surface area is 86.8 Å². The fourth-order valence-electron chi connectivity index (χ4n) is 1.26. The molecule has 0 amide bonds. The Morgan fingerprint density at radius 2 is 2.50 bits per heavy atom. The number of carbonyl (C=O) groups excluding carboxylic acids is 1. The highest BCUT2D eigenvalue weighted by molar-refractivity contribution is 6.30. The molecule has 0 saturated carbocycles. The molecular formula is C8H12ClN3O2. The predicted octanol–water partition coefficient (Wildman–Crippen LogP) is 0.289. The standard InChI is InChI=1S/C8H12ClN3O2/c1-12-4-11-7(9)6(12)5(3-10)8(13)14-2/h4-5H,3,10H2,1-2H3. The lowest BCUT2D eigenvalue weighted by Gasteiger charge is -2.12. The predicted molar refractivity (Wildman–Crippen MR) is 52.0 cm³/mol. The van der Waals surface area contributed by atoms with Crippen molar-refractivity contribution in [3.63, 3.8) is 0 Å². The molecule has 0 aliphatic carbocycles.